The minimum absolute atomic E-state index is 0.00937. The number of hydrogen-bond acceptors (Lipinski definition) is 9. The molecule has 11 nitrogen and oxygen atoms in total. The average molecular weight is 765 g/mol. The largest absolute Gasteiger partial charge is 0.393 e. The number of hydrogen-bond donors (Lipinski definition) is 3. The van der Waals surface area contributed by atoms with Crippen molar-refractivity contribution < 1.29 is 24.2 Å². The molecule has 0 aromatic rings. The molecule has 6 fully saturated rings. The van der Waals surface area contributed by atoms with Crippen LogP contribution in [0, 0.1) is 23.7 Å². The first kappa shape index (κ1) is 41.0. The highest BCUT2D eigenvalue weighted by Gasteiger charge is 2.47. The molecular formula is C44H72N6O5. The number of carbonyl (C=O) groups excluding carboxylic acids is 3. The lowest BCUT2D eigenvalue weighted by Gasteiger charge is -2.44. The zero-order valence-corrected chi connectivity index (χ0v) is 34.2. The van der Waals surface area contributed by atoms with Crippen LogP contribution in [0.3, 0.4) is 0 Å². The molecule has 308 valence electrons. The zero-order valence-electron chi connectivity index (χ0n) is 34.2. The van der Waals surface area contributed by atoms with Crippen molar-refractivity contribution in [1.82, 2.24) is 25.3 Å². The van der Waals surface area contributed by atoms with Crippen molar-refractivity contribution in [1.29, 1.82) is 0 Å². The summed E-state index contributed by atoms with van der Waals surface area (Å²) in [7, 11) is 0. The van der Waals surface area contributed by atoms with E-state index in [1.54, 1.807) is 4.90 Å². The molecule has 7 rings (SSSR count). The molecule has 4 atom stereocenters. The second-order valence-electron chi connectivity index (χ2n) is 18.1. The molecule has 0 spiro atoms. The highest BCUT2D eigenvalue weighted by molar-refractivity contribution is 6.08. The topological polar surface area (TPSA) is 127 Å². The van der Waals surface area contributed by atoms with Gasteiger partial charge in [-0.25, -0.2) is 0 Å². The second kappa shape index (κ2) is 19.5. The maximum absolute atomic E-state index is 13.7. The number of ether oxygens (including phenoxy) is 1. The first-order valence-corrected chi connectivity index (χ1v) is 22.7. The van der Waals surface area contributed by atoms with Crippen LogP contribution in [0.5, 0.6) is 0 Å². The number of carbonyl (C=O) groups is 3. The Kier molecular flexibility index (Phi) is 14.5. The van der Waals surface area contributed by atoms with Crippen molar-refractivity contribution in [2.75, 3.05) is 52.4 Å². The number of rotatable bonds is 13. The normalized spacial score (nSPS) is 35.2. The van der Waals surface area contributed by atoms with Crippen LogP contribution in [-0.2, 0) is 19.1 Å². The molecule has 4 unspecified atom stereocenters. The van der Waals surface area contributed by atoms with Crippen LogP contribution in [0.1, 0.15) is 136 Å². The molecule has 3 N–H and O–H groups in total. The number of fused-ring (bicyclic) bond motifs is 1. The third-order valence-corrected chi connectivity index (χ3v) is 14.8. The molecule has 3 heterocycles. The summed E-state index contributed by atoms with van der Waals surface area (Å²) in [6.45, 7) is 12.2. The fraction of sp³-hybridized carbons (Fsp3) is 0.864. The summed E-state index contributed by atoms with van der Waals surface area (Å²) in [5, 5.41) is 16.5. The molecule has 3 amide bonds. The number of piperazine rings is 1. The highest BCUT2D eigenvalue weighted by atomic mass is 16.5. The molecule has 7 aliphatic rings. The van der Waals surface area contributed by atoms with Gasteiger partial charge in [0.05, 0.1) is 30.8 Å². The minimum Gasteiger partial charge on any atom is -0.393 e. The summed E-state index contributed by atoms with van der Waals surface area (Å²) < 4.78 is 6.56. The van der Waals surface area contributed by atoms with Gasteiger partial charge in [0.2, 0.25) is 17.7 Å². The Labute approximate surface area is 330 Å². The van der Waals surface area contributed by atoms with Gasteiger partial charge in [0.25, 0.3) is 0 Å². The van der Waals surface area contributed by atoms with E-state index in [0.29, 0.717) is 24.3 Å². The van der Waals surface area contributed by atoms with Gasteiger partial charge >= 0.3 is 0 Å². The van der Waals surface area contributed by atoms with Crippen molar-refractivity contribution in [3.63, 3.8) is 0 Å². The van der Waals surface area contributed by atoms with E-state index in [4.69, 9.17) is 9.73 Å². The lowest BCUT2D eigenvalue weighted by Crippen LogP contribution is -2.62. The fourth-order valence-electron chi connectivity index (χ4n) is 11.7. The van der Waals surface area contributed by atoms with Crippen molar-refractivity contribution >= 4 is 23.6 Å². The van der Waals surface area contributed by atoms with E-state index in [9.17, 15) is 19.5 Å². The van der Waals surface area contributed by atoms with Gasteiger partial charge in [-0.3, -0.25) is 39.4 Å². The van der Waals surface area contributed by atoms with E-state index >= 15 is 0 Å². The van der Waals surface area contributed by atoms with Crippen molar-refractivity contribution in [3.8, 4) is 0 Å². The zero-order chi connectivity index (χ0) is 38.3. The summed E-state index contributed by atoms with van der Waals surface area (Å²) in [5.74, 6) is 1.94. The molecular weight excluding hydrogens is 693 g/mol. The van der Waals surface area contributed by atoms with E-state index in [0.717, 1.165) is 96.4 Å². The Balaban J connectivity index is 0.811. The van der Waals surface area contributed by atoms with Crippen molar-refractivity contribution in [2.24, 2.45) is 28.7 Å². The van der Waals surface area contributed by atoms with E-state index in [1.165, 1.54) is 77.0 Å². The lowest BCUT2D eigenvalue weighted by atomic mass is 9.68. The molecule has 0 bridgehead atoms. The average Bonchev–Trinajstić information content (AvgIpc) is 3.20. The number of amidine groups is 1. The smallest absolute Gasteiger partial charge is 0.249 e. The Morgan fingerprint density at radius 2 is 1.47 bits per heavy atom. The Morgan fingerprint density at radius 1 is 0.800 bits per heavy atom. The molecule has 55 heavy (non-hydrogen) atoms. The number of nitrogens with zero attached hydrogens (tertiary/aromatic N) is 4. The van der Waals surface area contributed by atoms with Gasteiger partial charge in [-0.2, -0.15) is 0 Å². The van der Waals surface area contributed by atoms with E-state index < -0.39 is 6.04 Å². The molecule has 11 heteroatoms. The minimum atomic E-state index is -0.641. The van der Waals surface area contributed by atoms with Crippen LogP contribution in [0.4, 0.5) is 0 Å². The summed E-state index contributed by atoms with van der Waals surface area (Å²) in [6, 6.07) is -0.583. The SMILES string of the molecule is CC/C(=C(\C1CCC(O)CC1)C1CCC(OCCN2CCN(CCNC3CCCC4C(=O)N(C5CCC(=O)NC5=O)C(C)=NC34)CC2)CC1)C1CCCCC1. The third kappa shape index (κ3) is 10.1. The fourth-order valence-corrected chi connectivity index (χ4v) is 11.7. The van der Waals surface area contributed by atoms with E-state index in [-0.39, 0.29) is 48.2 Å². The maximum Gasteiger partial charge on any atom is 0.249 e. The standard InChI is InChI=1S/C44H72N6O5/c1-3-36(31-8-5-4-6-9-31)41(32-12-16-34(51)17-13-32)33-14-18-35(19-15-33)55-29-28-49-26-24-48(25-27-49)23-22-45-38-11-7-10-37-42(38)46-30(2)50(44(37)54)39-20-21-40(52)47-43(39)53/h31-35,37-39,42,45,51H,3-29H2,1-2H3,(H,47,52,53)/b41-36-. The number of allylic oxidation sites excluding steroid dienone is 2. The van der Waals surface area contributed by atoms with Crippen LogP contribution in [0.2, 0.25) is 0 Å². The molecule has 0 aromatic heterocycles. The number of aliphatic imine (C=N–C) groups is 1. The highest BCUT2D eigenvalue weighted by Crippen LogP contribution is 2.46. The first-order valence-electron chi connectivity index (χ1n) is 22.7. The van der Waals surface area contributed by atoms with Crippen LogP contribution in [0.25, 0.3) is 0 Å². The molecule has 4 saturated carbocycles. The monoisotopic (exact) mass is 765 g/mol. The predicted octanol–water partition coefficient (Wildman–Crippen LogP) is 5.21. The number of amides is 3. The predicted molar refractivity (Wildman–Crippen MR) is 215 cm³/mol. The van der Waals surface area contributed by atoms with Crippen molar-refractivity contribution in [2.45, 2.75) is 166 Å². The number of aliphatic hydroxyl groups is 1. The van der Waals surface area contributed by atoms with E-state index in [2.05, 4.69) is 27.4 Å². The van der Waals surface area contributed by atoms with Crippen LogP contribution >= 0.6 is 0 Å². The van der Waals surface area contributed by atoms with Gasteiger partial charge in [-0.05, 0) is 115 Å². The van der Waals surface area contributed by atoms with Gasteiger partial charge in [-0.15, -0.1) is 0 Å². The van der Waals surface area contributed by atoms with Crippen LogP contribution in [0.15, 0.2) is 16.1 Å². The second-order valence-corrected chi connectivity index (χ2v) is 18.1. The number of aliphatic hydroxyl groups excluding tert-OH is 1. The van der Waals surface area contributed by atoms with Crippen LogP contribution < -0.4 is 10.6 Å². The molecule has 0 radical (unpaired) electrons. The Bertz CT molecular complexity index is 1370. The first-order chi connectivity index (χ1) is 26.8. The number of imide groups is 1. The lowest BCUT2D eigenvalue weighted by molar-refractivity contribution is -0.145. The van der Waals surface area contributed by atoms with Gasteiger partial charge in [0.15, 0.2) is 0 Å². The number of piperidine rings is 1. The molecule has 3 aliphatic heterocycles. The summed E-state index contributed by atoms with van der Waals surface area (Å²) in [6.07, 6.45) is 21.1. The third-order valence-electron chi connectivity index (χ3n) is 14.8. The molecule has 2 saturated heterocycles. The van der Waals surface area contributed by atoms with Gasteiger partial charge in [0, 0.05) is 58.3 Å². The molecule has 4 aliphatic carbocycles. The maximum atomic E-state index is 13.7. The van der Waals surface area contributed by atoms with Gasteiger partial charge in [0.1, 0.15) is 11.9 Å². The van der Waals surface area contributed by atoms with Gasteiger partial charge < -0.3 is 15.2 Å². The number of nitrogens with one attached hydrogen (secondary N) is 2. The summed E-state index contributed by atoms with van der Waals surface area (Å²) >= 11 is 0. The quantitative estimate of drug-likeness (QED) is 0.173. The van der Waals surface area contributed by atoms with Gasteiger partial charge in [-0.1, -0.05) is 43.8 Å². The molecule has 0 aromatic carbocycles. The Hall–Kier alpha value is -2.18. The summed E-state index contributed by atoms with van der Waals surface area (Å²) in [4.78, 5) is 49.6. The van der Waals surface area contributed by atoms with Crippen LogP contribution in [-0.4, -0.2) is 126 Å². The van der Waals surface area contributed by atoms with Crippen molar-refractivity contribution in [3.05, 3.63) is 11.1 Å². The summed E-state index contributed by atoms with van der Waals surface area (Å²) in [5.41, 5.74) is 3.68. The van der Waals surface area contributed by atoms with E-state index in [1.807, 2.05) is 18.1 Å². The Morgan fingerprint density at radius 3 is 2.15 bits per heavy atom.